The number of nitrogens with two attached hydrogens (primary N) is 3. The van der Waals surface area contributed by atoms with Crippen molar-refractivity contribution in [2.24, 2.45) is 22.2 Å². The summed E-state index contributed by atoms with van der Waals surface area (Å²) in [6.07, 6.45) is -14.6. The maximum absolute atomic E-state index is 14.2. The van der Waals surface area contributed by atoms with Crippen molar-refractivity contribution in [3.8, 4) is 0 Å². The Morgan fingerprint density at radius 1 is 1.12 bits per heavy atom. The Morgan fingerprint density at radius 3 is 2.32 bits per heavy atom. The topological polar surface area (TPSA) is 327 Å². The zero-order chi connectivity index (χ0) is 30.5. The summed E-state index contributed by atoms with van der Waals surface area (Å²) in [5.41, 5.74) is 14.2. The first-order valence-corrected chi connectivity index (χ1v) is 14.6. The van der Waals surface area contributed by atoms with Gasteiger partial charge in [0.15, 0.2) is 53.5 Å². The Balaban J connectivity index is 1.52. The number of rotatable bonds is 10. The summed E-state index contributed by atoms with van der Waals surface area (Å²) in [5, 5.41) is 73.7. The number of likely N-dealkylation sites (N-methyl/N-ethyl adjacent to an activating group) is 1. The molecule has 19 nitrogen and oxygen atoms in total. The summed E-state index contributed by atoms with van der Waals surface area (Å²) in [6, 6.07) is -2.58. The van der Waals surface area contributed by atoms with Crippen molar-refractivity contribution in [1.82, 2.24) is 10.6 Å². The number of nitrogens with one attached hydrogen (secondary N) is 2. The number of aldehydes is 1. The van der Waals surface area contributed by atoms with Crippen LogP contribution in [0.15, 0.2) is 4.99 Å². The molecular weight excluding hydrogens is 575 g/mol. The maximum atomic E-state index is 14.2. The predicted octanol–water partition coefficient (Wildman–Crippen LogP) is -7.56. The van der Waals surface area contributed by atoms with Gasteiger partial charge >= 0.3 is 0 Å². The molecule has 16 atom stereocenters. The largest absolute Gasteiger partial charge is 0.394 e. The molecule has 4 aliphatic heterocycles. The molecule has 0 aromatic carbocycles. The SMILES string of the molecule is CN[C@@H]1[C@H](O[C@H]2[C@H](O[C@@]34[C@H](O)[C@@H](O)[C@@H](NCN)[C@]5(O)[C@@]3(N=C(N)N)P54=O)O[C@@H](C)[C@]2(O)C=O)O[C@@H](CO)[C@H](O)[C@H]1O. The van der Waals surface area contributed by atoms with Crippen molar-refractivity contribution in [3.63, 3.8) is 0 Å². The van der Waals surface area contributed by atoms with Crippen LogP contribution in [0, 0.1) is 0 Å². The number of guanidine groups is 1. The van der Waals surface area contributed by atoms with Gasteiger partial charge in [-0.15, -0.1) is 0 Å². The monoisotopic (exact) mass is 612 g/mol. The van der Waals surface area contributed by atoms with Crippen molar-refractivity contribution in [1.29, 1.82) is 0 Å². The van der Waals surface area contributed by atoms with Crippen LogP contribution >= 0.6 is 7.14 Å². The standard InChI is InChI=1S/C21H37N6O13P/c1-6-18(34,4-29)14(39-15-8(25-2)10(31)9(30)7(3-28)38-15)16(37-6)40-20-13(33)11(32)12(26-5-22)19(35)21(20,27-17(23)24)41(19,20)36/h4,6-16,25-26,28,30-35H,3,5,22H2,1-2H3,(H4,23,24,27)/t6-,7-,8-,9-,10-,11-,12+,13+,14-,15-,16-,18+,19+,20+,21+,41?/m0/s1. The molecule has 0 spiro atoms. The molecule has 5 aliphatic rings. The van der Waals surface area contributed by atoms with E-state index in [1.54, 1.807) is 0 Å². The first-order chi connectivity index (χ1) is 19.2. The number of nitrogens with zero attached hydrogens (tertiary/aromatic N) is 1. The second kappa shape index (κ2) is 9.81. The van der Waals surface area contributed by atoms with E-state index in [1.807, 2.05) is 0 Å². The van der Waals surface area contributed by atoms with Gasteiger partial charge in [-0.3, -0.25) is 10.1 Å². The van der Waals surface area contributed by atoms with E-state index in [0.29, 0.717) is 0 Å². The second-order valence-corrected chi connectivity index (χ2v) is 14.1. The number of carbonyl (C=O) groups is 1. The molecule has 0 amide bonds. The van der Waals surface area contributed by atoms with Crippen molar-refractivity contribution in [2.45, 2.75) is 95.9 Å². The van der Waals surface area contributed by atoms with Gasteiger partial charge in [0.25, 0.3) is 0 Å². The lowest BCUT2D eigenvalue weighted by molar-refractivity contribution is -0.317. The second-order valence-electron chi connectivity index (χ2n) is 10.9. The molecule has 20 heteroatoms. The molecular formula is C21H37N6O13P. The third kappa shape index (κ3) is 3.39. The van der Waals surface area contributed by atoms with Crippen molar-refractivity contribution < 1.29 is 64.1 Å². The Labute approximate surface area is 232 Å². The van der Waals surface area contributed by atoms with Crippen LogP contribution in [0.25, 0.3) is 0 Å². The molecule has 0 aromatic rings. The number of hydrogen-bond acceptors (Lipinski definition) is 17. The van der Waals surface area contributed by atoms with E-state index in [0.717, 1.165) is 0 Å². The van der Waals surface area contributed by atoms with E-state index in [9.17, 15) is 45.1 Å². The lowest BCUT2D eigenvalue weighted by Gasteiger charge is -2.49. The average molecular weight is 613 g/mol. The Kier molecular flexibility index (Phi) is 7.43. The number of fused-ring (bicyclic) bond motifs is 2. The van der Waals surface area contributed by atoms with E-state index < -0.39 is 109 Å². The van der Waals surface area contributed by atoms with Crippen LogP contribution in [0.4, 0.5) is 0 Å². The van der Waals surface area contributed by atoms with E-state index in [2.05, 4.69) is 15.6 Å². The Hall–Kier alpha value is -1.39. The first-order valence-electron chi connectivity index (χ1n) is 12.9. The lowest BCUT2D eigenvalue weighted by Crippen LogP contribution is -2.74. The molecule has 1 unspecified atom stereocenters. The highest BCUT2D eigenvalue weighted by Crippen LogP contribution is 3.16. The van der Waals surface area contributed by atoms with Crippen molar-refractivity contribution >= 4 is 19.4 Å². The first kappa shape index (κ1) is 31.0. The van der Waals surface area contributed by atoms with E-state index in [4.69, 9.17) is 36.1 Å². The van der Waals surface area contributed by atoms with Crippen LogP contribution in [0.1, 0.15) is 6.92 Å². The number of carbonyl (C=O) groups excluding carboxylic acids is 1. The van der Waals surface area contributed by atoms with Gasteiger partial charge < -0.3 is 81.8 Å². The van der Waals surface area contributed by atoms with E-state index >= 15 is 0 Å². The van der Waals surface area contributed by atoms with Gasteiger partial charge in [0.1, 0.15) is 36.6 Å². The molecule has 0 aromatic heterocycles. The normalized spacial score (nSPS) is 57.1. The Morgan fingerprint density at radius 2 is 1.78 bits per heavy atom. The molecule has 15 N–H and O–H groups in total. The van der Waals surface area contributed by atoms with Crippen LogP contribution in [0.5, 0.6) is 0 Å². The van der Waals surface area contributed by atoms with Gasteiger partial charge in [-0.2, -0.15) is 0 Å². The third-order valence-corrected chi connectivity index (χ3v) is 13.5. The minimum Gasteiger partial charge on any atom is -0.394 e. The summed E-state index contributed by atoms with van der Waals surface area (Å²) in [5.74, 6) is -0.616. The lowest BCUT2D eigenvalue weighted by atomic mass is 9.80. The molecule has 0 bridgehead atoms. The van der Waals surface area contributed by atoms with Gasteiger partial charge in [-0.25, -0.2) is 4.99 Å². The molecule has 0 radical (unpaired) electrons. The van der Waals surface area contributed by atoms with E-state index in [1.165, 1.54) is 14.0 Å². The quantitative estimate of drug-likeness (QED) is 0.0358. The fourth-order valence-corrected chi connectivity index (χ4v) is 12.1. The summed E-state index contributed by atoms with van der Waals surface area (Å²) in [6.45, 7) is 0.290. The maximum Gasteiger partial charge on any atom is 0.198 e. The van der Waals surface area contributed by atoms with E-state index in [-0.39, 0.29) is 13.0 Å². The fraction of sp³-hybridized carbons (Fsp3) is 0.905. The number of aliphatic imine (C=N–C) groups is 1. The zero-order valence-electron chi connectivity index (χ0n) is 22.0. The number of aliphatic hydroxyl groups is 7. The summed E-state index contributed by atoms with van der Waals surface area (Å²) in [7, 11) is -2.78. The summed E-state index contributed by atoms with van der Waals surface area (Å²) >= 11 is 0. The number of aliphatic hydroxyl groups excluding tert-OH is 5. The van der Waals surface area contributed by atoms with Crippen LogP contribution in [0.2, 0.25) is 0 Å². The smallest absolute Gasteiger partial charge is 0.198 e. The van der Waals surface area contributed by atoms with Gasteiger partial charge in [0.05, 0.1) is 24.8 Å². The van der Waals surface area contributed by atoms with Crippen LogP contribution in [-0.4, -0.2) is 157 Å². The number of hydrogen-bond donors (Lipinski definition) is 12. The van der Waals surface area contributed by atoms with Crippen molar-refractivity contribution in [2.75, 3.05) is 20.3 Å². The Bertz CT molecular complexity index is 1150. The van der Waals surface area contributed by atoms with Gasteiger partial charge in [0, 0.05) is 6.67 Å². The number of ether oxygens (including phenoxy) is 4. The highest BCUT2D eigenvalue weighted by Gasteiger charge is 3.21. The molecule has 41 heavy (non-hydrogen) atoms. The van der Waals surface area contributed by atoms with Crippen LogP contribution in [-0.2, 0) is 28.3 Å². The minimum absolute atomic E-state index is 0.112. The van der Waals surface area contributed by atoms with Gasteiger partial charge in [0.2, 0.25) is 0 Å². The molecule has 4 heterocycles. The van der Waals surface area contributed by atoms with Crippen LogP contribution in [0.3, 0.4) is 0 Å². The summed E-state index contributed by atoms with van der Waals surface area (Å²) < 4.78 is 37.4. The fourth-order valence-electron chi connectivity index (χ4n) is 6.96. The predicted molar refractivity (Wildman–Crippen MR) is 134 cm³/mol. The molecule has 234 valence electrons. The molecule has 5 rings (SSSR count). The summed E-state index contributed by atoms with van der Waals surface area (Å²) in [4.78, 5) is 16.1. The van der Waals surface area contributed by atoms with Crippen molar-refractivity contribution in [3.05, 3.63) is 0 Å². The minimum atomic E-state index is -4.18. The third-order valence-electron chi connectivity index (χ3n) is 9.12. The van der Waals surface area contributed by atoms with Gasteiger partial charge in [-0.1, -0.05) is 0 Å². The molecule has 1 saturated carbocycles. The molecule has 4 saturated heterocycles. The molecule has 1 aliphatic carbocycles. The van der Waals surface area contributed by atoms with Crippen LogP contribution < -0.4 is 27.8 Å². The highest BCUT2D eigenvalue weighted by atomic mass is 31.2. The highest BCUT2D eigenvalue weighted by molar-refractivity contribution is 7.86. The zero-order valence-corrected chi connectivity index (χ0v) is 22.9. The van der Waals surface area contributed by atoms with Gasteiger partial charge in [-0.05, 0) is 14.0 Å². The average Bonchev–Trinajstić information content (AvgIpc) is 3.55. The molecule has 5 fully saturated rings.